The zero-order valence-electron chi connectivity index (χ0n) is 19.2. The second-order valence-electron chi connectivity index (χ2n) is 7.31. The van der Waals surface area contributed by atoms with Crippen molar-refractivity contribution in [3.63, 3.8) is 0 Å². The molecule has 176 valence electrons. The number of para-hydroxylation sites is 2. The first-order valence-corrected chi connectivity index (χ1v) is 10.8. The maximum atomic E-state index is 12.5. The molecule has 0 atom stereocenters. The molecule has 2 heterocycles. The van der Waals surface area contributed by atoms with Crippen LogP contribution in [-0.2, 0) is 9.63 Å². The molecule has 9 nitrogen and oxygen atoms in total. The number of methoxy groups -OCH3 is 1. The number of hydroxylamine groups is 2. The molecule has 0 saturated carbocycles. The predicted octanol–water partition coefficient (Wildman–Crippen LogP) is 4.00. The molecule has 2 aromatic carbocycles. The van der Waals surface area contributed by atoms with Crippen LogP contribution in [0.3, 0.4) is 0 Å². The van der Waals surface area contributed by atoms with E-state index in [4.69, 9.17) is 29.2 Å². The van der Waals surface area contributed by atoms with Gasteiger partial charge in [0.25, 0.3) is 5.91 Å². The van der Waals surface area contributed by atoms with Gasteiger partial charge in [-0.1, -0.05) is 18.2 Å². The molecule has 0 radical (unpaired) electrons. The van der Waals surface area contributed by atoms with E-state index in [0.29, 0.717) is 53.4 Å². The Morgan fingerprint density at radius 1 is 1.03 bits per heavy atom. The minimum Gasteiger partial charge on any atom is -0.493 e. The van der Waals surface area contributed by atoms with Gasteiger partial charge in [0, 0.05) is 6.08 Å². The third-order valence-corrected chi connectivity index (χ3v) is 4.93. The van der Waals surface area contributed by atoms with E-state index in [0.717, 1.165) is 0 Å². The van der Waals surface area contributed by atoms with Crippen LogP contribution in [0.4, 0.5) is 0 Å². The number of amides is 1. The number of hydrogen-bond acceptors (Lipinski definition) is 7. The average molecular weight is 463 g/mol. The fraction of sp³-hybridized carbons (Fsp3) is 0.240. The molecule has 4 rings (SSSR count). The van der Waals surface area contributed by atoms with E-state index in [1.54, 1.807) is 44.4 Å². The highest BCUT2D eigenvalue weighted by atomic mass is 16.7. The van der Waals surface area contributed by atoms with Gasteiger partial charge in [-0.25, -0.2) is 0 Å². The number of amidine groups is 2. The Morgan fingerprint density at radius 2 is 1.74 bits per heavy atom. The van der Waals surface area contributed by atoms with Crippen molar-refractivity contribution in [1.82, 2.24) is 5.06 Å². The van der Waals surface area contributed by atoms with Crippen LogP contribution < -0.4 is 18.9 Å². The molecule has 0 unspecified atom stereocenters. The molecule has 0 aliphatic carbocycles. The van der Waals surface area contributed by atoms with Crippen molar-refractivity contribution in [3.05, 3.63) is 65.4 Å². The Hall–Kier alpha value is -4.27. The minimum absolute atomic E-state index is 0.0742. The van der Waals surface area contributed by atoms with E-state index in [-0.39, 0.29) is 18.0 Å². The molecule has 0 fully saturated rings. The largest absolute Gasteiger partial charge is 0.493 e. The van der Waals surface area contributed by atoms with E-state index in [1.165, 1.54) is 5.06 Å². The number of carbonyl (C=O) groups excluding carboxylic acids is 1. The second-order valence-corrected chi connectivity index (χ2v) is 7.31. The lowest BCUT2D eigenvalue weighted by Gasteiger charge is -2.23. The molecular formula is C25H25N3O6. The summed E-state index contributed by atoms with van der Waals surface area (Å²) in [4.78, 5) is 21.9. The maximum Gasteiger partial charge on any atom is 0.282 e. The van der Waals surface area contributed by atoms with E-state index >= 15 is 0 Å². The SMILES string of the molecule is CCOc1cc(/C=C2/C(=N)N3OC(C)=CC3=NC2=O)ccc1OCCOc1ccccc1OC. The van der Waals surface area contributed by atoms with Gasteiger partial charge >= 0.3 is 0 Å². The van der Waals surface area contributed by atoms with Gasteiger partial charge in [-0.2, -0.15) is 4.99 Å². The normalized spacial score (nSPS) is 16.0. The lowest BCUT2D eigenvalue weighted by atomic mass is 10.1. The highest BCUT2D eigenvalue weighted by Crippen LogP contribution is 2.31. The van der Waals surface area contributed by atoms with Crippen molar-refractivity contribution in [2.45, 2.75) is 13.8 Å². The average Bonchev–Trinajstić information content (AvgIpc) is 3.21. The molecule has 2 aliphatic rings. The summed E-state index contributed by atoms with van der Waals surface area (Å²) in [6, 6.07) is 12.7. The molecule has 2 aliphatic heterocycles. The zero-order chi connectivity index (χ0) is 24.1. The molecule has 9 heteroatoms. The van der Waals surface area contributed by atoms with Crippen LogP contribution in [0, 0.1) is 5.41 Å². The number of rotatable bonds is 9. The third-order valence-electron chi connectivity index (χ3n) is 4.93. The first-order chi connectivity index (χ1) is 16.5. The van der Waals surface area contributed by atoms with Crippen molar-refractivity contribution in [1.29, 1.82) is 5.41 Å². The van der Waals surface area contributed by atoms with Gasteiger partial charge in [-0.3, -0.25) is 10.2 Å². The van der Waals surface area contributed by atoms with Crippen molar-refractivity contribution in [2.24, 2.45) is 4.99 Å². The number of carbonyl (C=O) groups is 1. The standard InChI is InChI=1S/C25H25N3O6/c1-4-31-22-15-17(14-18-24(26)28-23(27-25(18)29)13-16(2)34-28)9-10-21(22)33-12-11-32-20-8-6-5-7-19(20)30-3/h5-10,13-15,26H,4,11-12H2,1-3H3/b18-14-,26-24?. The Bertz CT molecular complexity index is 1200. The second kappa shape index (κ2) is 10.1. The summed E-state index contributed by atoms with van der Waals surface area (Å²) in [5.41, 5.74) is 0.782. The van der Waals surface area contributed by atoms with Gasteiger partial charge in [0.05, 0.1) is 19.3 Å². The van der Waals surface area contributed by atoms with Crippen molar-refractivity contribution in [3.8, 4) is 23.0 Å². The van der Waals surface area contributed by atoms with Gasteiger partial charge in [-0.15, -0.1) is 5.06 Å². The lowest BCUT2D eigenvalue weighted by molar-refractivity contribution is -0.114. The van der Waals surface area contributed by atoms with Crippen molar-refractivity contribution < 1.29 is 28.6 Å². The van der Waals surface area contributed by atoms with Crippen LogP contribution in [0.15, 0.2) is 64.9 Å². The van der Waals surface area contributed by atoms with Crippen molar-refractivity contribution >= 4 is 23.7 Å². The molecule has 0 bridgehead atoms. The lowest BCUT2D eigenvalue weighted by Crippen LogP contribution is -2.38. The van der Waals surface area contributed by atoms with Crippen LogP contribution in [0.25, 0.3) is 6.08 Å². The molecule has 0 aromatic heterocycles. The molecule has 1 amide bonds. The Balaban J connectivity index is 1.45. The number of aliphatic imine (C=N–C) groups is 1. The highest BCUT2D eigenvalue weighted by Gasteiger charge is 2.34. The van der Waals surface area contributed by atoms with Gasteiger partial charge in [0.15, 0.2) is 34.7 Å². The van der Waals surface area contributed by atoms with Gasteiger partial charge in [-0.05, 0) is 49.8 Å². The minimum atomic E-state index is -0.502. The van der Waals surface area contributed by atoms with Gasteiger partial charge in [0.1, 0.15) is 19.0 Å². The number of fused-ring (bicyclic) bond motifs is 1. The maximum absolute atomic E-state index is 12.5. The van der Waals surface area contributed by atoms with E-state index < -0.39 is 5.91 Å². The summed E-state index contributed by atoms with van der Waals surface area (Å²) < 4.78 is 22.6. The third kappa shape index (κ3) is 4.88. The van der Waals surface area contributed by atoms with Crippen molar-refractivity contribution in [2.75, 3.05) is 26.9 Å². The van der Waals surface area contributed by atoms with Crippen LogP contribution in [0.1, 0.15) is 19.4 Å². The molecule has 1 N–H and O–H groups in total. The Kier molecular flexibility index (Phi) is 6.82. The quantitative estimate of drug-likeness (QED) is 0.443. The molecule has 0 saturated heterocycles. The first kappa shape index (κ1) is 22.9. The summed E-state index contributed by atoms with van der Waals surface area (Å²) in [7, 11) is 1.59. The van der Waals surface area contributed by atoms with Crippen LogP contribution in [-0.4, -0.2) is 49.6 Å². The first-order valence-electron chi connectivity index (χ1n) is 10.8. The topological polar surface area (TPSA) is 103 Å². The number of allylic oxidation sites excluding steroid dienone is 1. The smallest absolute Gasteiger partial charge is 0.282 e. The Morgan fingerprint density at radius 3 is 2.44 bits per heavy atom. The molecule has 34 heavy (non-hydrogen) atoms. The van der Waals surface area contributed by atoms with E-state index in [9.17, 15) is 4.79 Å². The fourth-order valence-electron chi connectivity index (χ4n) is 3.41. The summed E-state index contributed by atoms with van der Waals surface area (Å²) >= 11 is 0. The summed E-state index contributed by atoms with van der Waals surface area (Å²) in [6.07, 6.45) is 3.19. The van der Waals surface area contributed by atoms with Crippen LogP contribution in [0.2, 0.25) is 0 Å². The monoisotopic (exact) mass is 463 g/mol. The Labute approximate surface area is 197 Å². The van der Waals surface area contributed by atoms with E-state index in [1.807, 2.05) is 31.2 Å². The summed E-state index contributed by atoms with van der Waals surface area (Å²) in [6.45, 7) is 4.64. The number of nitrogens with one attached hydrogen (secondary N) is 1. The molecule has 2 aromatic rings. The fourth-order valence-corrected chi connectivity index (χ4v) is 3.41. The molecule has 0 spiro atoms. The highest BCUT2D eigenvalue weighted by molar-refractivity contribution is 6.32. The van der Waals surface area contributed by atoms with Gasteiger partial charge in [0.2, 0.25) is 0 Å². The predicted molar refractivity (Wildman–Crippen MR) is 126 cm³/mol. The number of ether oxygens (including phenoxy) is 4. The summed E-state index contributed by atoms with van der Waals surface area (Å²) in [5, 5.41) is 9.58. The van der Waals surface area contributed by atoms with Gasteiger partial charge < -0.3 is 23.8 Å². The summed E-state index contributed by atoms with van der Waals surface area (Å²) in [5.74, 6) is 2.64. The van der Waals surface area contributed by atoms with Crippen LogP contribution >= 0.6 is 0 Å². The van der Waals surface area contributed by atoms with E-state index in [2.05, 4.69) is 4.99 Å². The van der Waals surface area contributed by atoms with Crippen LogP contribution in [0.5, 0.6) is 23.0 Å². The number of hydrogen-bond donors (Lipinski definition) is 1. The number of nitrogens with zero attached hydrogens (tertiary/aromatic N) is 2. The molecular weight excluding hydrogens is 438 g/mol. The number of benzene rings is 2. The zero-order valence-corrected chi connectivity index (χ0v) is 19.2.